The summed E-state index contributed by atoms with van der Waals surface area (Å²) in [5, 5.41) is 0. The number of unbranched alkanes of at least 4 members (excludes halogenated alkanes) is 43. The zero-order valence-corrected chi connectivity index (χ0v) is 55.7. The van der Waals surface area contributed by atoms with Crippen LogP contribution in [0, 0.1) is 13.8 Å². The van der Waals surface area contributed by atoms with Gasteiger partial charge in [0.05, 0.1) is 0 Å². The first-order valence-electron chi connectivity index (χ1n) is 35.7. The van der Waals surface area contributed by atoms with E-state index in [1.807, 2.05) is 0 Å². The fraction of sp³-hybridized carbons (Fsp3) is 0.766. The maximum atomic E-state index is 11.8. The van der Waals surface area contributed by atoms with Crippen molar-refractivity contribution in [3.05, 3.63) is 101 Å². The molecule has 1 aliphatic heterocycles. The Kier molecular flexibility index (Phi) is 58.7. The molecule has 1 aliphatic rings. The van der Waals surface area contributed by atoms with E-state index in [1.165, 1.54) is 305 Å². The van der Waals surface area contributed by atoms with Crippen LogP contribution in [-0.2, 0) is 29.3 Å². The summed E-state index contributed by atoms with van der Waals surface area (Å²) < 4.78 is 1.55. The molecule has 0 aliphatic carbocycles. The van der Waals surface area contributed by atoms with Gasteiger partial charge in [0.1, 0.15) is 0 Å². The van der Waals surface area contributed by atoms with Crippen molar-refractivity contribution in [2.45, 2.75) is 382 Å². The number of benzene rings is 2. The van der Waals surface area contributed by atoms with E-state index in [0.717, 1.165) is 80.3 Å². The van der Waals surface area contributed by atoms with Crippen LogP contribution < -0.4 is 0 Å². The van der Waals surface area contributed by atoms with Crippen molar-refractivity contribution >= 4 is 11.4 Å². The van der Waals surface area contributed by atoms with Gasteiger partial charge in [0.15, 0.2) is 0 Å². The number of hydrogen-bond donors (Lipinski definition) is 0. The molecule has 2 aromatic rings. The van der Waals surface area contributed by atoms with Gasteiger partial charge in [-0.25, -0.2) is 4.70 Å². The van der Waals surface area contributed by atoms with Crippen molar-refractivity contribution in [1.82, 2.24) is 0 Å². The zero-order valence-electron chi connectivity index (χ0n) is 54.7. The van der Waals surface area contributed by atoms with Crippen molar-refractivity contribution in [1.29, 1.82) is 0 Å². The van der Waals surface area contributed by atoms with E-state index in [9.17, 15) is 5.53 Å². The molecule has 0 unspecified atom stereocenters. The number of aryl methyl sites for hydroxylation is 2. The van der Waals surface area contributed by atoms with Crippen LogP contribution in [0.3, 0.4) is 0 Å². The van der Waals surface area contributed by atoms with Gasteiger partial charge in [0.25, 0.3) is 0 Å². The number of nitrogens with zero attached hydrogens (tertiary/aromatic N) is 2. The van der Waals surface area contributed by atoms with E-state index >= 15 is 0 Å². The molecule has 464 valence electrons. The molecular weight excluding hydrogens is 1010 g/mol. The molecule has 2 aromatic carbocycles. The summed E-state index contributed by atoms with van der Waals surface area (Å²) in [7, 11) is 0. The minimum atomic E-state index is 0. The minimum Gasteiger partial charge on any atom is -0.493 e. The van der Waals surface area contributed by atoms with E-state index in [-0.39, 0.29) is 16.5 Å². The molecular formula is C77H136N2Ni. The monoisotopic (exact) mass is 1150 g/mol. The van der Waals surface area contributed by atoms with Gasteiger partial charge in [-0.1, -0.05) is 342 Å². The summed E-state index contributed by atoms with van der Waals surface area (Å²) in [6, 6.07) is 17.8. The third-order valence-corrected chi connectivity index (χ3v) is 16.9. The average molecular weight is 1150 g/mol. The summed E-state index contributed by atoms with van der Waals surface area (Å²) in [4.78, 5) is 0. The van der Waals surface area contributed by atoms with Crippen molar-refractivity contribution in [3.63, 3.8) is 0 Å². The second-order valence-corrected chi connectivity index (χ2v) is 24.6. The van der Waals surface area contributed by atoms with Crippen molar-refractivity contribution in [2.24, 2.45) is 0 Å². The van der Waals surface area contributed by atoms with Gasteiger partial charge in [-0.05, 0) is 86.8 Å². The first-order chi connectivity index (χ1) is 39.0. The molecule has 0 aromatic heterocycles. The fourth-order valence-corrected chi connectivity index (χ4v) is 11.7. The van der Waals surface area contributed by atoms with E-state index in [0.29, 0.717) is 0 Å². The van der Waals surface area contributed by atoms with Gasteiger partial charge in [-0.2, -0.15) is 12.8 Å². The molecule has 0 saturated heterocycles. The molecule has 3 heteroatoms. The average Bonchev–Trinajstić information content (AvgIpc) is 3.76. The summed E-state index contributed by atoms with van der Waals surface area (Å²) in [5.74, 6) is 0. The molecule has 0 fully saturated rings. The largest absolute Gasteiger partial charge is 2.00 e. The summed E-state index contributed by atoms with van der Waals surface area (Å²) in [5.41, 5.74) is 21.6. The van der Waals surface area contributed by atoms with Crippen LogP contribution in [0.4, 0.5) is 0 Å². The number of hydrogen-bond acceptors (Lipinski definition) is 0. The van der Waals surface area contributed by atoms with E-state index < -0.39 is 0 Å². The van der Waals surface area contributed by atoms with Crippen LogP contribution in [0.1, 0.15) is 391 Å². The van der Waals surface area contributed by atoms with Gasteiger partial charge < -0.3 is 19.4 Å². The van der Waals surface area contributed by atoms with Gasteiger partial charge in [-0.15, -0.1) is 0 Å². The summed E-state index contributed by atoms with van der Waals surface area (Å²) in [6.07, 6.45) is 72.5. The molecule has 0 saturated carbocycles. The molecule has 0 bridgehead atoms. The van der Waals surface area contributed by atoms with Crippen LogP contribution in [0.5, 0.6) is 0 Å². The molecule has 2 nitrogen and oxygen atoms in total. The number of allylic oxidation sites excluding steroid dienone is 2. The molecule has 0 radical (unpaired) electrons. The molecule has 80 heavy (non-hydrogen) atoms. The number of rotatable bonds is 53. The Balaban J connectivity index is 0.00000122. The Labute approximate surface area is 512 Å². The maximum Gasteiger partial charge on any atom is 2.00 e. The summed E-state index contributed by atoms with van der Waals surface area (Å²) >= 11 is 0. The molecule has 0 atom stereocenters. The predicted octanol–water partition coefficient (Wildman–Crippen LogP) is 27.6. The van der Waals surface area contributed by atoms with Gasteiger partial charge >= 0.3 is 16.5 Å². The topological polar surface area (TPSA) is 25.3 Å². The Hall–Kier alpha value is -1.99. The normalized spacial score (nSPS) is 12.2. The third-order valence-electron chi connectivity index (χ3n) is 16.9. The fourth-order valence-electron chi connectivity index (χ4n) is 11.7. The van der Waals surface area contributed by atoms with E-state index in [4.69, 9.17) is 0 Å². The Bertz CT molecular complexity index is 1620. The summed E-state index contributed by atoms with van der Waals surface area (Å²) in [6.45, 7) is 21.4. The van der Waals surface area contributed by atoms with E-state index in [1.54, 1.807) is 4.70 Å². The van der Waals surface area contributed by atoms with Gasteiger partial charge in [-0.3, -0.25) is 0 Å². The minimum absolute atomic E-state index is 0. The van der Waals surface area contributed by atoms with Crippen LogP contribution in [0.15, 0.2) is 59.7 Å². The van der Waals surface area contributed by atoms with Crippen molar-refractivity contribution < 1.29 is 21.2 Å². The molecule has 0 spiro atoms. The van der Waals surface area contributed by atoms with Crippen LogP contribution in [-0.4, -0.2) is 4.70 Å². The first kappa shape index (κ1) is 78.0. The second kappa shape index (κ2) is 60.1. The zero-order chi connectivity index (χ0) is 57.3. The van der Waals surface area contributed by atoms with Crippen LogP contribution in [0.25, 0.3) is 16.9 Å². The Morgan fingerprint density at radius 1 is 0.287 bits per heavy atom. The molecule has 1 heterocycles. The molecule has 0 N–H and O–H groups in total. The quantitative estimate of drug-likeness (QED) is 0.0273. The SMILES string of the molecule is CCCCCC1=C(c2cccc(CCCC)c2)[N+](=[N-])C(c2cccc(CCCC)c2)=C1CCCC.[CH2-]CCCCCCCCCCCCCCCCCCCCC.[CH2-]CCCCCCCCCCCCCCCCCCCCC.[Ni+2]. The van der Waals surface area contributed by atoms with Gasteiger partial charge in [0, 0.05) is 22.3 Å². The van der Waals surface area contributed by atoms with Gasteiger partial charge in [0.2, 0.25) is 11.4 Å². The second-order valence-electron chi connectivity index (χ2n) is 24.6. The van der Waals surface area contributed by atoms with Crippen molar-refractivity contribution in [3.8, 4) is 0 Å². The first-order valence-corrected chi connectivity index (χ1v) is 35.7. The third kappa shape index (κ3) is 41.9. The maximum absolute atomic E-state index is 11.8. The van der Waals surface area contributed by atoms with Crippen LogP contribution in [0.2, 0.25) is 0 Å². The van der Waals surface area contributed by atoms with Crippen molar-refractivity contribution in [2.75, 3.05) is 0 Å². The predicted molar refractivity (Wildman–Crippen MR) is 358 cm³/mol. The van der Waals surface area contributed by atoms with Crippen LogP contribution >= 0.6 is 0 Å². The smallest absolute Gasteiger partial charge is 0.493 e. The molecule has 3 rings (SSSR count). The van der Waals surface area contributed by atoms with E-state index in [2.05, 4.69) is 104 Å². The standard InChI is InChI=1S/C33H46N2.2C22H45.Ni/c1-5-9-13-23-31-30(22-12-8-4)32(28-20-14-18-26(24-28)16-10-6-2)35(34)33(31)29-21-15-19-27(25-29)17-11-7-3;2*1-3-5-7-9-11-13-15-17-19-21-22-20-18-16-14-12-10-8-6-4-2;/h14-15,18-21,24-25H,5-13,16-17,22-23H2,1-4H3;2*1,3-22H2,2H3;/q;2*-1;+2. The molecule has 0 amide bonds. The Morgan fingerprint density at radius 2 is 0.512 bits per heavy atom. The Morgan fingerprint density at radius 3 is 0.775 bits per heavy atom.